The highest BCUT2D eigenvalue weighted by molar-refractivity contribution is 7.89. The van der Waals surface area contributed by atoms with Crippen LogP contribution in [0.1, 0.15) is 28.7 Å². The highest BCUT2D eigenvalue weighted by atomic mass is 32.2. The average molecular weight is 304 g/mol. The highest BCUT2D eigenvalue weighted by Gasteiger charge is 2.30. The third kappa shape index (κ3) is 3.02. The Hall–Kier alpha value is -1.38. The Bertz CT molecular complexity index is 591. The zero-order valence-electron chi connectivity index (χ0n) is 12.1. The molecule has 20 heavy (non-hydrogen) atoms. The molecule has 0 spiro atoms. The van der Waals surface area contributed by atoms with E-state index in [-0.39, 0.29) is 35.8 Å². The van der Waals surface area contributed by atoms with Gasteiger partial charge in [-0.2, -0.15) is 4.31 Å². The Morgan fingerprint density at radius 3 is 2.40 bits per heavy atom. The van der Waals surface area contributed by atoms with Crippen LogP contribution >= 0.6 is 0 Å². The molecule has 0 unspecified atom stereocenters. The van der Waals surface area contributed by atoms with Crippen molar-refractivity contribution in [1.29, 1.82) is 0 Å². The van der Waals surface area contributed by atoms with Gasteiger partial charge in [0.05, 0.1) is 6.61 Å². The van der Waals surface area contributed by atoms with Crippen LogP contribution in [0.3, 0.4) is 0 Å². The van der Waals surface area contributed by atoms with Crippen molar-refractivity contribution >= 4 is 16.0 Å². The van der Waals surface area contributed by atoms with Gasteiger partial charge < -0.3 is 14.8 Å². The summed E-state index contributed by atoms with van der Waals surface area (Å²) in [7, 11) is -2.24. The van der Waals surface area contributed by atoms with E-state index in [0.29, 0.717) is 5.69 Å². The number of nitrogens with zero attached hydrogens (tertiary/aromatic N) is 1. The van der Waals surface area contributed by atoms with Crippen molar-refractivity contribution in [1.82, 2.24) is 9.29 Å². The lowest BCUT2D eigenvalue weighted by Crippen LogP contribution is -2.34. The molecule has 1 rings (SSSR count). The number of hydrogen-bond donors (Lipinski definition) is 2. The number of rotatable bonds is 7. The van der Waals surface area contributed by atoms with Crippen LogP contribution in [-0.4, -0.2) is 55.6 Å². The molecule has 0 aliphatic carbocycles. The maximum Gasteiger partial charge on any atom is 0.352 e. The molecule has 0 atom stereocenters. The molecule has 0 amide bonds. The van der Waals surface area contributed by atoms with Crippen LogP contribution < -0.4 is 0 Å². The van der Waals surface area contributed by atoms with Crippen LogP contribution in [0.25, 0.3) is 0 Å². The minimum atomic E-state index is -3.74. The van der Waals surface area contributed by atoms with E-state index in [2.05, 4.69) is 4.98 Å². The largest absolute Gasteiger partial charge is 0.477 e. The SMILES string of the molecule is CCN(CCOC)S(=O)(=O)c1c(C)[nH]c(C(=O)O)c1C. The lowest BCUT2D eigenvalue weighted by Gasteiger charge is -2.20. The number of methoxy groups -OCH3 is 1. The minimum Gasteiger partial charge on any atom is -0.477 e. The van der Waals surface area contributed by atoms with Crippen molar-refractivity contribution in [3.05, 3.63) is 17.0 Å². The van der Waals surface area contributed by atoms with E-state index in [0.717, 1.165) is 0 Å². The van der Waals surface area contributed by atoms with E-state index in [9.17, 15) is 13.2 Å². The molecule has 0 bridgehead atoms. The van der Waals surface area contributed by atoms with E-state index in [1.165, 1.54) is 18.3 Å². The normalized spacial score (nSPS) is 12.1. The molecule has 0 fully saturated rings. The predicted molar refractivity (Wildman–Crippen MR) is 73.5 cm³/mol. The summed E-state index contributed by atoms with van der Waals surface area (Å²) in [6.45, 7) is 5.56. The maximum atomic E-state index is 12.6. The minimum absolute atomic E-state index is 0.0350. The molecule has 0 radical (unpaired) electrons. The second-order valence-electron chi connectivity index (χ2n) is 4.37. The number of aromatic carboxylic acids is 1. The maximum absolute atomic E-state index is 12.6. The van der Waals surface area contributed by atoms with Gasteiger partial charge >= 0.3 is 5.97 Å². The number of nitrogens with one attached hydrogen (secondary N) is 1. The molecule has 114 valence electrons. The molecule has 1 aromatic rings. The molecular weight excluding hydrogens is 284 g/mol. The third-order valence-corrected chi connectivity index (χ3v) is 5.33. The number of aryl methyl sites for hydroxylation is 1. The lowest BCUT2D eigenvalue weighted by atomic mass is 10.2. The molecule has 0 saturated heterocycles. The molecule has 0 aliphatic rings. The summed E-state index contributed by atoms with van der Waals surface area (Å²) in [4.78, 5) is 13.7. The van der Waals surface area contributed by atoms with Gasteiger partial charge in [0.15, 0.2) is 0 Å². The topological polar surface area (TPSA) is 99.7 Å². The van der Waals surface area contributed by atoms with Crippen LogP contribution in [0.5, 0.6) is 0 Å². The summed E-state index contributed by atoms with van der Waals surface area (Å²) in [5.74, 6) is -1.17. The summed E-state index contributed by atoms with van der Waals surface area (Å²) in [5, 5.41) is 9.05. The summed E-state index contributed by atoms with van der Waals surface area (Å²) in [6, 6.07) is 0. The van der Waals surface area contributed by atoms with Crippen molar-refractivity contribution in [2.24, 2.45) is 0 Å². The smallest absolute Gasteiger partial charge is 0.352 e. The first-order valence-corrected chi connectivity index (χ1v) is 7.62. The molecule has 7 nitrogen and oxygen atoms in total. The van der Waals surface area contributed by atoms with Crippen LogP contribution in [-0.2, 0) is 14.8 Å². The zero-order valence-corrected chi connectivity index (χ0v) is 12.9. The number of hydrogen-bond acceptors (Lipinski definition) is 4. The number of carboxylic acid groups (broad SMARTS) is 1. The number of H-pyrrole nitrogens is 1. The second kappa shape index (κ2) is 6.38. The van der Waals surface area contributed by atoms with Crippen LogP contribution in [0.15, 0.2) is 4.90 Å². The number of likely N-dealkylation sites (N-methyl/N-ethyl adjacent to an activating group) is 1. The molecular formula is C12H20N2O5S. The fraction of sp³-hybridized carbons (Fsp3) is 0.583. The third-order valence-electron chi connectivity index (χ3n) is 3.08. The van der Waals surface area contributed by atoms with Gasteiger partial charge in [-0.05, 0) is 13.8 Å². The lowest BCUT2D eigenvalue weighted by molar-refractivity contribution is 0.0690. The molecule has 1 aromatic heterocycles. The first kappa shape index (κ1) is 16.7. The first-order chi connectivity index (χ1) is 9.27. The van der Waals surface area contributed by atoms with Crippen molar-refractivity contribution in [2.45, 2.75) is 25.7 Å². The fourth-order valence-corrected chi connectivity index (χ4v) is 3.94. The van der Waals surface area contributed by atoms with Gasteiger partial charge in [-0.3, -0.25) is 0 Å². The Labute approximate surface area is 118 Å². The summed E-state index contributed by atoms with van der Waals surface area (Å²) >= 11 is 0. The number of carboxylic acids is 1. The Kier molecular flexibility index (Phi) is 5.32. The Balaban J connectivity index is 3.31. The van der Waals surface area contributed by atoms with Gasteiger partial charge in [-0.25, -0.2) is 13.2 Å². The van der Waals surface area contributed by atoms with Crippen molar-refractivity contribution in [3.8, 4) is 0 Å². The predicted octanol–water partition coefficient (Wildman–Crippen LogP) is 0.987. The summed E-state index contributed by atoms with van der Waals surface area (Å²) in [6.07, 6.45) is 0. The van der Waals surface area contributed by atoms with Crippen molar-refractivity contribution < 1.29 is 23.1 Å². The van der Waals surface area contributed by atoms with Crippen molar-refractivity contribution in [2.75, 3.05) is 26.8 Å². The summed E-state index contributed by atoms with van der Waals surface area (Å²) in [5.41, 5.74) is 0.463. The van der Waals surface area contributed by atoms with E-state index < -0.39 is 16.0 Å². The van der Waals surface area contributed by atoms with E-state index >= 15 is 0 Å². The van der Waals surface area contributed by atoms with E-state index in [1.807, 2.05) is 0 Å². The van der Waals surface area contributed by atoms with Crippen LogP contribution in [0.2, 0.25) is 0 Å². The highest BCUT2D eigenvalue weighted by Crippen LogP contribution is 2.26. The molecule has 2 N–H and O–H groups in total. The molecule has 8 heteroatoms. The number of carbonyl (C=O) groups is 1. The van der Waals surface area contributed by atoms with Gasteiger partial charge in [0, 0.05) is 31.5 Å². The monoisotopic (exact) mass is 304 g/mol. The molecule has 0 aromatic carbocycles. The van der Waals surface area contributed by atoms with Gasteiger partial charge in [0.1, 0.15) is 10.6 Å². The number of ether oxygens (including phenoxy) is 1. The Morgan fingerprint density at radius 2 is 2.00 bits per heavy atom. The van der Waals surface area contributed by atoms with Gasteiger partial charge in [0.2, 0.25) is 10.0 Å². The summed E-state index contributed by atoms with van der Waals surface area (Å²) < 4.78 is 31.4. The molecule has 1 heterocycles. The average Bonchev–Trinajstić information content (AvgIpc) is 2.66. The van der Waals surface area contributed by atoms with E-state index in [4.69, 9.17) is 9.84 Å². The van der Waals surface area contributed by atoms with E-state index in [1.54, 1.807) is 13.8 Å². The first-order valence-electron chi connectivity index (χ1n) is 6.18. The zero-order chi connectivity index (χ0) is 15.5. The van der Waals surface area contributed by atoms with Gasteiger partial charge in [0.25, 0.3) is 0 Å². The van der Waals surface area contributed by atoms with Crippen LogP contribution in [0, 0.1) is 13.8 Å². The second-order valence-corrected chi connectivity index (χ2v) is 6.25. The van der Waals surface area contributed by atoms with Gasteiger partial charge in [-0.1, -0.05) is 6.92 Å². The number of sulfonamides is 1. The quantitative estimate of drug-likeness (QED) is 0.782. The standard InChI is InChI=1S/C12H20N2O5S/c1-5-14(6-7-19-4)20(17,18)11-8(2)10(12(15)16)13-9(11)3/h13H,5-7H2,1-4H3,(H,15,16). The van der Waals surface area contributed by atoms with Crippen LogP contribution in [0.4, 0.5) is 0 Å². The van der Waals surface area contributed by atoms with Gasteiger partial charge in [-0.15, -0.1) is 0 Å². The Morgan fingerprint density at radius 1 is 1.40 bits per heavy atom. The molecule has 0 aliphatic heterocycles. The number of aromatic amines is 1. The fourth-order valence-electron chi connectivity index (χ4n) is 2.10. The number of aromatic nitrogens is 1. The van der Waals surface area contributed by atoms with Crippen molar-refractivity contribution in [3.63, 3.8) is 0 Å². The molecule has 0 saturated carbocycles.